The number of nitrogens with zero attached hydrogens (tertiary/aromatic N) is 2. The first-order chi connectivity index (χ1) is 13.7. The minimum atomic E-state index is -4.43. The van der Waals surface area contributed by atoms with Gasteiger partial charge in [-0.05, 0) is 49.2 Å². The molecule has 3 rings (SSSR count). The summed E-state index contributed by atoms with van der Waals surface area (Å²) in [4.78, 5) is 16.2. The number of carbonyl (C=O) groups excluding carboxylic acids is 1. The molecule has 1 aliphatic rings. The van der Waals surface area contributed by atoms with Crippen LogP contribution in [0, 0.1) is 0 Å². The van der Waals surface area contributed by atoms with Gasteiger partial charge in [0.15, 0.2) is 0 Å². The number of sulfonamides is 1. The molecule has 2 heterocycles. The lowest BCUT2D eigenvalue weighted by atomic mass is 10.2. The summed E-state index contributed by atoms with van der Waals surface area (Å²) in [6.45, 7) is 1.01. The summed E-state index contributed by atoms with van der Waals surface area (Å²) in [5.41, 5.74) is -0.540. The number of carbonyl (C=O) groups is 1. The van der Waals surface area contributed by atoms with Crippen molar-refractivity contribution in [2.45, 2.75) is 28.9 Å². The van der Waals surface area contributed by atoms with Crippen LogP contribution >= 0.6 is 11.8 Å². The quantitative estimate of drug-likeness (QED) is 0.687. The predicted molar refractivity (Wildman–Crippen MR) is 103 cm³/mol. The zero-order valence-corrected chi connectivity index (χ0v) is 16.8. The molecule has 29 heavy (non-hydrogen) atoms. The minimum absolute atomic E-state index is 0.0216. The highest BCUT2D eigenvalue weighted by atomic mass is 32.2. The predicted octanol–water partition coefficient (Wildman–Crippen LogP) is 3.62. The zero-order valence-electron chi connectivity index (χ0n) is 15.1. The Bertz CT molecular complexity index is 957. The van der Waals surface area contributed by atoms with E-state index in [0.29, 0.717) is 18.1 Å². The van der Waals surface area contributed by atoms with Crippen LogP contribution in [-0.4, -0.2) is 42.5 Å². The lowest BCUT2D eigenvalue weighted by Gasteiger charge is -2.15. The van der Waals surface area contributed by atoms with Crippen LogP contribution in [0.1, 0.15) is 18.4 Å². The van der Waals surface area contributed by atoms with Crippen LogP contribution in [0.25, 0.3) is 0 Å². The van der Waals surface area contributed by atoms with Gasteiger partial charge in [0.05, 0.1) is 16.3 Å². The number of amides is 1. The number of nitrogens with one attached hydrogen (secondary N) is 1. The monoisotopic (exact) mass is 445 g/mol. The van der Waals surface area contributed by atoms with E-state index in [4.69, 9.17) is 0 Å². The number of alkyl halides is 3. The number of hydrogen-bond acceptors (Lipinski definition) is 5. The third kappa shape index (κ3) is 5.49. The third-order valence-electron chi connectivity index (χ3n) is 4.26. The standard InChI is InChI=1S/C18H18F3N3O3S2/c19-18(20,21)13-3-5-14(6-4-13)23-16(25)12-28-17-8-7-15(11-22-17)29(26,27)24-9-1-2-10-24/h3-8,11H,1-2,9-10,12H2,(H,23,25). The van der Waals surface area contributed by atoms with Crippen molar-refractivity contribution >= 4 is 33.4 Å². The first kappa shape index (κ1) is 21.6. The van der Waals surface area contributed by atoms with E-state index in [9.17, 15) is 26.4 Å². The van der Waals surface area contributed by atoms with Gasteiger partial charge in [0.1, 0.15) is 4.90 Å². The molecule has 1 saturated heterocycles. The van der Waals surface area contributed by atoms with Gasteiger partial charge in [-0.1, -0.05) is 11.8 Å². The van der Waals surface area contributed by atoms with Crippen molar-refractivity contribution in [3.63, 3.8) is 0 Å². The number of thioether (sulfide) groups is 1. The number of hydrogen-bond donors (Lipinski definition) is 1. The molecule has 1 aromatic carbocycles. The lowest BCUT2D eigenvalue weighted by Crippen LogP contribution is -2.27. The molecule has 0 atom stereocenters. The highest BCUT2D eigenvalue weighted by molar-refractivity contribution is 7.99. The number of pyridine rings is 1. The molecule has 0 bridgehead atoms. The molecule has 0 spiro atoms. The Labute approximate surface area is 170 Å². The van der Waals surface area contributed by atoms with E-state index in [2.05, 4.69) is 10.3 Å². The molecule has 1 aliphatic heterocycles. The average molecular weight is 445 g/mol. The van der Waals surface area contributed by atoms with Crippen molar-refractivity contribution in [3.8, 4) is 0 Å². The van der Waals surface area contributed by atoms with Crippen molar-refractivity contribution in [2.24, 2.45) is 0 Å². The molecule has 0 unspecified atom stereocenters. The van der Waals surface area contributed by atoms with Crippen LogP contribution in [0.5, 0.6) is 0 Å². The Morgan fingerprint density at radius 2 is 1.76 bits per heavy atom. The van der Waals surface area contributed by atoms with Crippen LogP contribution in [-0.2, 0) is 21.0 Å². The Morgan fingerprint density at radius 3 is 2.31 bits per heavy atom. The van der Waals surface area contributed by atoms with Crippen molar-refractivity contribution in [1.29, 1.82) is 0 Å². The molecular weight excluding hydrogens is 427 g/mol. The summed E-state index contributed by atoms with van der Waals surface area (Å²) in [6, 6.07) is 7.13. The molecule has 1 fully saturated rings. The van der Waals surface area contributed by atoms with Crippen LogP contribution in [0.3, 0.4) is 0 Å². The number of aromatic nitrogens is 1. The van der Waals surface area contributed by atoms with Gasteiger partial charge in [-0.25, -0.2) is 13.4 Å². The van der Waals surface area contributed by atoms with Gasteiger partial charge in [0.25, 0.3) is 0 Å². The summed E-state index contributed by atoms with van der Waals surface area (Å²) >= 11 is 1.10. The number of halogens is 3. The fourth-order valence-corrected chi connectivity index (χ4v) is 4.87. The summed E-state index contributed by atoms with van der Waals surface area (Å²) in [7, 11) is -3.54. The Morgan fingerprint density at radius 1 is 1.10 bits per heavy atom. The van der Waals surface area contributed by atoms with Gasteiger partial charge < -0.3 is 5.32 Å². The Hall–Kier alpha value is -2.11. The maximum absolute atomic E-state index is 12.5. The van der Waals surface area contributed by atoms with Crippen LogP contribution in [0.2, 0.25) is 0 Å². The summed E-state index contributed by atoms with van der Waals surface area (Å²) in [5, 5.41) is 2.97. The molecule has 0 aliphatic carbocycles. The summed E-state index contributed by atoms with van der Waals surface area (Å²) < 4.78 is 63.9. The maximum atomic E-state index is 12.5. The second-order valence-corrected chi connectivity index (χ2v) is 9.29. The number of anilines is 1. The van der Waals surface area contributed by atoms with Crippen LogP contribution in [0.15, 0.2) is 52.5 Å². The van der Waals surface area contributed by atoms with Crippen molar-refractivity contribution < 1.29 is 26.4 Å². The molecule has 2 aromatic rings. The largest absolute Gasteiger partial charge is 0.416 e. The maximum Gasteiger partial charge on any atom is 0.416 e. The smallest absolute Gasteiger partial charge is 0.325 e. The summed E-state index contributed by atoms with van der Waals surface area (Å²) in [5.74, 6) is -0.433. The number of benzene rings is 1. The zero-order chi connectivity index (χ0) is 21.1. The van der Waals surface area contributed by atoms with Crippen molar-refractivity contribution in [3.05, 3.63) is 48.2 Å². The lowest BCUT2D eigenvalue weighted by molar-refractivity contribution is -0.137. The SMILES string of the molecule is O=C(CSc1ccc(S(=O)(=O)N2CCCC2)cn1)Nc1ccc(C(F)(F)F)cc1. The van der Waals surface area contributed by atoms with Gasteiger partial charge in [-0.3, -0.25) is 4.79 Å². The van der Waals surface area contributed by atoms with E-state index in [0.717, 1.165) is 36.7 Å². The second-order valence-electron chi connectivity index (χ2n) is 6.36. The molecule has 0 radical (unpaired) electrons. The molecule has 156 valence electrons. The highest BCUT2D eigenvalue weighted by Gasteiger charge is 2.30. The van der Waals surface area contributed by atoms with E-state index < -0.39 is 27.7 Å². The first-order valence-electron chi connectivity index (χ1n) is 8.72. The average Bonchev–Trinajstić information content (AvgIpc) is 3.22. The van der Waals surface area contributed by atoms with E-state index in [1.807, 2.05) is 0 Å². The first-order valence-corrected chi connectivity index (χ1v) is 11.1. The number of rotatable bonds is 6. The van der Waals surface area contributed by atoms with E-state index in [1.165, 1.54) is 34.8 Å². The third-order valence-corrected chi connectivity index (χ3v) is 7.09. The molecule has 11 heteroatoms. The molecular formula is C18H18F3N3O3S2. The highest BCUT2D eigenvalue weighted by Crippen LogP contribution is 2.30. The van der Waals surface area contributed by atoms with Gasteiger partial charge in [-0.2, -0.15) is 17.5 Å². The van der Waals surface area contributed by atoms with E-state index in [-0.39, 0.29) is 16.3 Å². The Balaban J connectivity index is 1.54. The summed E-state index contributed by atoms with van der Waals surface area (Å²) in [6.07, 6.45) is -1.48. The topological polar surface area (TPSA) is 79.4 Å². The molecule has 0 saturated carbocycles. The van der Waals surface area contributed by atoms with Crippen molar-refractivity contribution in [2.75, 3.05) is 24.2 Å². The second kappa shape index (κ2) is 8.72. The fraction of sp³-hybridized carbons (Fsp3) is 0.333. The van der Waals surface area contributed by atoms with Gasteiger partial charge in [0.2, 0.25) is 15.9 Å². The molecule has 6 nitrogen and oxygen atoms in total. The van der Waals surface area contributed by atoms with Crippen molar-refractivity contribution in [1.82, 2.24) is 9.29 Å². The van der Waals surface area contributed by atoms with Crippen LogP contribution < -0.4 is 5.32 Å². The minimum Gasteiger partial charge on any atom is -0.325 e. The van der Waals surface area contributed by atoms with Gasteiger partial charge in [0, 0.05) is 25.0 Å². The van der Waals surface area contributed by atoms with Gasteiger partial charge in [-0.15, -0.1) is 0 Å². The van der Waals surface area contributed by atoms with Gasteiger partial charge >= 0.3 is 6.18 Å². The molecule has 1 aromatic heterocycles. The van der Waals surface area contributed by atoms with Crippen LogP contribution in [0.4, 0.5) is 18.9 Å². The molecule has 1 N–H and O–H groups in total. The van der Waals surface area contributed by atoms with E-state index >= 15 is 0 Å². The molecule has 1 amide bonds. The Kier molecular flexibility index (Phi) is 6.49. The fourth-order valence-electron chi connectivity index (χ4n) is 2.76. The van der Waals surface area contributed by atoms with E-state index in [1.54, 1.807) is 0 Å². The normalized spacial score (nSPS) is 15.4.